The number of aldehydes is 1. The Bertz CT molecular complexity index is 52.5. The molecule has 0 saturated heterocycles. The maximum absolute atomic E-state index is 9.69. The van der Waals surface area contributed by atoms with Gasteiger partial charge < -0.3 is 9.53 Å². The predicted octanol–water partition coefficient (Wildman–Crippen LogP) is 1.00. The van der Waals surface area contributed by atoms with E-state index in [0.717, 1.165) is 19.3 Å². The zero-order chi connectivity index (χ0) is 6.24. The summed E-state index contributed by atoms with van der Waals surface area (Å²) >= 11 is 0. The van der Waals surface area contributed by atoms with Gasteiger partial charge in [0.25, 0.3) is 0 Å². The van der Waals surface area contributed by atoms with Crippen molar-refractivity contribution in [2.24, 2.45) is 0 Å². The van der Waals surface area contributed by atoms with Crippen molar-refractivity contribution in [2.45, 2.75) is 19.8 Å². The smallest absolute Gasteiger partial charge is 0.122 e. The van der Waals surface area contributed by atoms with Crippen LogP contribution in [0.1, 0.15) is 19.8 Å². The van der Waals surface area contributed by atoms with Crippen LogP contribution in [0.25, 0.3) is 0 Å². The van der Waals surface area contributed by atoms with E-state index in [4.69, 9.17) is 4.74 Å². The normalized spacial score (nSPS) is 9.12. The maximum atomic E-state index is 9.69. The minimum atomic E-state index is 0.528. The van der Waals surface area contributed by atoms with E-state index in [-0.39, 0.29) is 0 Å². The molecule has 2 nitrogen and oxygen atoms in total. The van der Waals surface area contributed by atoms with Gasteiger partial charge in [-0.2, -0.15) is 0 Å². The van der Waals surface area contributed by atoms with Crippen LogP contribution in [-0.4, -0.2) is 19.5 Å². The molecule has 0 amide bonds. The van der Waals surface area contributed by atoms with Crippen LogP contribution in [0.4, 0.5) is 0 Å². The Morgan fingerprint density at radius 3 is 2.75 bits per heavy atom. The third kappa shape index (κ3) is 5.63. The fourth-order valence-corrected chi connectivity index (χ4v) is 0.378. The van der Waals surface area contributed by atoms with Gasteiger partial charge in [0.2, 0.25) is 0 Å². The molecule has 0 aliphatic heterocycles. The van der Waals surface area contributed by atoms with Gasteiger partial charge >= 0.3 is 0 Å². The molecule has 0 atom stereocenters. The highest BCUT2D eigenvalue weighted by Gasteiger charge is 1.81. The molecule has 0 heterocycles. The zero-order valence-corrected chi connectivity index (χ0v) is 5.22. The van der Waals surface area contributed by atoms with Crippen LogP contribution in [0, 0.1) is 0 Å². The van der Waals surface area contributed by atoms with Crippen molar-refractivity contribution in [1.82, 2.24) is 0 Å². The first kappa shape index (κ1) is 7.63. The highest BCUT2D eigenvalue weighted by Crippen LogP contribution is 1.80. The summed E-state index contributed by atoms with van der Waals surface area (Å²) in [4.78, 5) is 9.69. The monoisotopic (exact) mass is 116 g/mol. The zero-order valence-electron chi connectivity index (χ0n) is 5.22. The molecule has 0 N–H and O–H groups in total. The molecule has 48 valence electrons. The Labute approximate surface area is 49.8 Å². The van der Waals surface area contributed by atoms with Crippen LogP contribution in [-0.2, 0) is 9.53 Å². The second-order valence-corrected chi connectivity index (χ2v) is 1.57. The lowest BCUT2D eigenvalue weighted by atomic mass is 10.5. The Kier molecular flexibility index (Phi) is 6.32. The van der Waals surface area contributed by atoms with Crippen molar-refractivity contribution in [3.8, 4) is 0 Å². The highest BCUT2D eigenvalue weighted by molar-refractivity contribution is 5.49. The first-order valence-corrected chi connectivity index (χ1v) is 2.93. The van der Waals surface area contributed by atoms with E-state index in [1.807, 2.05) is 6.92 Å². The molecule has 0 aliphatic carbocycles. The summed E-state index contributed by atoms with van der Waals surface area (Å²) in [6, 6.07) is 0. The minimum Gasteiger partial charge on any atom is -0.381 e. The molecule has 0 saturated carbocycles. The quantitative estimate of drug-likeness (QED) is 0.395. The number of ether oxygens (including phenoxy) is 1. The van der Waals surface area contributed by atoms with Crippen LogP contribution in [0.5, 0.6) is 0 Å². The van der Waals surface area contributed by atoms with Crippen LogP contribution >= 0.6 is 0 Å². The van der Waals surface area contributed by atoms with Crippen molar-refractivity contribution in [1.29, 1.82) is 0 Å². The summed E-state index contributed by atoms with van der Waals surface area (Å²) < 4.78 is 4.99. The lowest BCUT2D eigenvalue weighted by Crippen LogP contribution is -1.95. The second-order valence-electron chi connectivity index (χ2n) is 1.57. The highest BCUT2D eigenvalue weighted by atomic mass is 16.5. The number of carbonyl (C=O) groups excluding carboxylic acids is 1. The number of rotatable bonds is 5. The lowest BCUT2D eigenvalue weighted by molar-refractivity contribution is -0.108. The van der Waals surface area contributed by atoms with Crippen LogP contribution in [0.15, 0.2) is 0 Å². The summed E-state index contributed by atoms with van der Waals surface area (Å²) in [5.41, 5.74) is 0. The summed E-state index contributed by atoms with van der Waals surface area (Å²) in [6.45, 7) is 3.39. The Balaban J connectivity index is 2.62. The van der Waals surface area contributed by atoms with Gasteiger partial charge in [0.1, 0.15) is 6.29 Å². The summed E-state index contributed by atoms with van der Waals surface area (Å²) in [6.07, 6.45) is 2.43. The number of hydrogen-bond donors (Lipinski definition) is 0. The summed E-state index contributed by atoms with van der Waals surface area (Å²) in [5, 5.41) is 0. The predicted molar refractivity (Wildman–Crippen MR) is 31.8 cm³/mol. The van der Waals surface area contributed by atoms with Crippen molar-refractivity contribution in [2.75, 3.05) is 13.2 Å². The first-order valence-electron chi connectivity index (χ1n) is 2.93. The van der Waals surface area contributed by atoms with Gasteiger partial charge in [-0.25, -0.2) is 0 Å². The molecule has 2 heteroatoms. The van der Waals surface area contributed by atoms with Crippen molar-refractivity contribution in [3.63, 3.8) is 0 Å². The number of carbonyl (C=O) groups is 1. The molecule has 0 fully saturated rings. The minimum absolute atomic E-state index is 0.528. The van der Waals surface area contributed by atoms with E-state index < -0.39 is 0 Å². The van der Waals surface area contributed by atoms with Crippen LogP contribution in [0.2, 0.25) is 0 Å². The molecule has 0 radical (unpaired) electrons. The second kappa shape index (κ2) is 6.63. The van der Waals surface area contributed by atoms with Crippen molar-refractivity contribution < 1.29 is 9.53 Å². The average molecular weight is 116 g/mol. The molecule has 0 aromatic rings. The first-order chi connectivity index (χ1) is 3.91. The molecule has 0 spiro atoms. The third-order valence-electron chi connectivity index (χ3n) is 0.729. The Morgan fingerprint density at radius 2 is 2.25 bits per heavy atom. The van der Waals surface area contributed by atoms with Gasteiger partial charge in [0, 0.05) is 13.0 Å². The SMILES string of the molecule is CCCOCCC=O. The molecule has 0 unspecified atom stereocenters. The van der Waals surface area contributed by atoms with Gasteiger partial charge in [-0.1, -0.05) is 6.92 Å². The van der Waals surface area contributed by atoms with Gasteiger partial charge in [-0.3, -0.25) is 0 Å². The van der Waals surface area contributed by atoms with Gasteiger partial charge in [-0.05, 0) is 6.42 Å². The van der Waals surface area contributed by atoms with E-state index in [0.29, 0.717) is 13.0 Å². The third-order valence-corrected chi connectivity index (χ3v) is 0.729. The molecule has 0 aromatic heterocycles. The van der Waals surface area contributed by atoms with Gasteiger partial charge in [0.05, 0.1) is 6.61 Å². The topological polar surface area (TPSA) is 26.3 Å². The fourth-order valence-electron chi connectivity index (χ4n) is 0.378. The van der Waals surface area contributed by atoms with E-state index in [1.54, 1.807) is 0 Å². The van der Waals surface area contributed by atoms with E-state index >= 15 is 0 Å². The van der Waals surface area contributed by atoms with Crippen molar-refractivity contribution in [3.05, 3.63) is 0 Å². The lowest BCUT2D eigenvalue weighted by Gasteiger charge is -1.95. The molecule has 0 rings (SSSR count). The molecule has 0 bridgehead atoms. The molecule has 8 heavy (non-hydrogen) atoms. The molecular weight excluding hydrogens is 104 g/mol. The van der Waals surface area contributed by atoms with Crippen molar-refractivity contribution >= 4 is 6.29 Å². The molecular formula is C6H12O2. The Hall–Kier alpha value is -0.370. The largest absolute Gasteiger partial charge is 0.381 e. The standard InChI is InChI=1S/C6H12O2/c1-2-5-8-6-3-4-7/h4H,2-3,5-6H2,1H3. The average Bonchev–Trinajstić information content (AvgIpc) is 1.81. The van der Waals surface area contributed by atoms with E-state index in [2.05, 4.69) is 0 Å². The van der Waals surface area contributed by atoms with E-state index in [9.17, 15) is 4.79 Å². The van der Waals surface area contributed by atoms with Gasteiger partial charge in [-0.15, -0.1) is 0 Å². The summed E-state index contributed by atoms with van der Waals surface area (Å²) in [7, 11) is 0. The maximum Gasteiger partial charge on any atom is 0.122 e. The summed E-state index contributed by atoms with van der Waals surface area (Å²) in [5.74, 6) is 0. The van der Waals surface area contributed by atoms with Crippen LogP contribution in [0.3, 0.4) is 0 Å². The van der Waals surface area contributed by atoms with E-state index in [1.165, 1.54) is 0 Å². The fraction of sp³-hybridized carbons (Fsp3) is 0.833. The Morgan fingerprint density at radius 1 is 1.50 bits per heavy atom. The van der Waals surface area contributed by atoms with Gasteiger partial charge in [0.15, 0.2) is 0 Å². The number of hydrogen-bond acceptors (Lipinski definition) is 2. The van der Waals surface area contributed by atoms with Crippen LogP contribution < -0.4 is 0 Å². The molecule has 0 aliphatic rings. The molecule has 0 aromatic carbocycles.